The third-order valence-electron chi connectivity index (χ3n) is 3.22. The highest BCUT2D eigenvalue weighted by Crippen LogP contribution is 2.33. The first-order valence-electron chi connectivity index (χ1n) is 6.48. The molecule has 1 aromatic rings. The van der Waals surface area contributed by atoms with Gasteiger partial charge in [0.15, 0.2) is 0 Å². The van der Waals surface area contributed by atoms with Crippen molar-refractivity contribution in [1.29, 1.82) is 0 Å². The fourth-order valence-electron chi connectivity index (χ4n) is 2.09. The van der Waals surface area contributed by atoms with Gasteiger partial charge in [0.05, 0.1) is 30.0 Å². The molecule has 1 saturated heterocycles. The van der Waals surface area contributed by atoms with E-state index in [0.29, 0.717) is 24.3 Å². The van der Waals surface area contributed by atoms with Crippen LogP contribution in [0.15, 0.2) is 18.2 Å². The molecular weight excluding hydrogens is 316 g/mol. The molecule has 0 amide bonds. The fourth-order valence-corrected chi connectivity index (χ4v) is 4.29. The number of hydrogen-bond acceptors (Lipinski definition) is 5. The largest absolute Gasteiger partial charge is 0.494 e. The van der Waals surface area contributed by atoms with E-state index in [2.05, 4.69) is 4.72 Å². The normalized spacial score (nSPS) is 17.7. The Morgan fingerprint density at radius 2 is 2.10 bits per heavy atom. The molecule has 9 heteroatoms. The Labute approximate surface area is 125 Å². The number of nitrogens with zero attached hydrogens (tertiary/aromatic N) is 1. The van der Waals surface area contributed by atoms with Crippen molar-refractivity contribution in [2.75, 3.05) is 34.2 Å². The maximum atomic E-state index is 11.9. The standard InChI is InChI=1S/C12H18N2O5S2/c1-3-20(15,16)13-11-6-5-10(9-12(11)19-2)14-7-4-8-21(14,17)18/h5-6,9,13H,3-4,7-8H2,1-2H3. The second-order valence-electron chi connectivity index (χ2n) is 4.63. The van der Waals surface area contributed by atoms with E-state index in [1.807, 2.05) is 0 Å². The first kappa shape index (κ1) is 15.9. The molecule has 0 radical (unpaired) electrons. The Balaban J connectivity index is 2.37. The van der Waals surface area contributed by atoms with E-state index >= 15 is 0 Å². The van der Waals surface area contributed by atoms with Crippen LogP contribution in [0.5, 0.6) is 5.75 Å². The summed E-state index contributed by atoms with van der Waals surface area (Å²) < 4.78 is 55.9. The number of rotatable bonds is 5. The van der Waals surface area contributed by atoms with Gasteiger partial charge in [-0.15, -0.1) is 0 Å². The van der Waals surface area contributed by atoms with E-state index in [1.54, 1.807) is 6.07 Å². The maximum Gasteiger partial charge on any atom is 0.235 e. The van der Waals surface area contributed by atoms with Crippen LogP contribution >= 0.6 is 0 Å². The monoisotopic (exact) mass is 334 g/mol. The molecule has 1 heterocycles. The van der Waals surface area contributed by atoms with Crippen LogP contribution in [-0.2, 0) is 20.0 Å². The van der Waals surface area contributed by atoms with Gasteiger partial charge in [-0.3, -0.25) is 9.03 Å². The lowest BCUT2D eigenvalue weighted by Crippen LogP contribution is -2.25. The molecule has 1 fully saturated rings. The molecule has 0 saturated carbocycles. The summed E-state index contributed by atoms with van der Waals surface area (Å²) >= 11 is 0. The molecule has 0 bridgehead atoms. The quantitative estimate of drug-likeness (QED) is 0.867. The van der Waals surface area contributed by atoms with Gasteiger partial charge in [0.2, 0.25) is 20.0 Å². The molecule has 2 rings (SSSR count). The summed E-state index contributed by atoms with van der Waals surface area (Å²) in [6.07, 6.45) is 0.578. The Kier molecular flexibility index (Phi) is 4.33. The summed E-state index contributed by atoms with van der Waals surface area (Å²) in [5.41, 5.74) is 0.767. The van der Waals surface area contributed by atoms with E-state index in [1.165, 1.54) is 30.5 Å². The predicted octanol–water partition coefficient (Wildman–Crippen LogP) is 0.997. The molecule has 118 valence electrons. The Morgan fingerprint density at radius 3 is 2.62 bits per heavy atom. The Morgan fingerprint density at radius 1 is 1.38 bits per heavy atom. The molecule has 1 aliphatic heterocycles. The summed E-state index contributed by atoms with van der Waals surface area (Å²) in [6, 6.07) is 4.60. The van der Waals surface area contributed by atoms with Crippen molar-refractivity contribution in [3.63, 3.8) is 0 Å². The lowest BCUT2D eigenvalue weighted by Gasteiger charge is -2.19. The van der Waals surface area contributed by atoms with Gasteiger partial charge in [-0.25, -0.2) is 16.8 Å². The minimum Gasteiger partial charge on any atom is -0.494 e. The van der Waals surface area contributed by atoms with Crippen LogP contribution in [0.4, 0.5) is 11.4 Å². The number of anilines is 2. The average molecular weight is 334 g/mol. The Bertz CT molecular complexity index is 728. The van der Waals surface area contributed by atoms with Gasteiger partial charge in [0, 0.05) is 12.6 Å². The first-order chi connectivity index (χ1) is 9.79. The molecule has 0 spiro atoms. The van der Waals surface area contributed by atoms with E-state index in [4.69, 9.17) is 4.74 Å². The SMILES string of the molecule is CCS(=O)(=O)Nc1ccc(N2CCCS2(=O)=O)cc1OC. The fraction of sp³-hybridized carbons (Fsp3) is 0.500. The van der Waals surface area contributed by atoms with Crippen molar-refractivity contribution >= 4 is 31.4 Å². The lowest BCUT2D eigenvalue weighted by molar-refractivity contribution is 0.417. The highest BCUT2D eigenvalue weighted by Gasteiger charge is 2.29. The molecule has 7 nitrogen and oxygen atoms in total. The second-order valence-corrected chi connectivity index (χ2v) is 8.66. The van der Waals surface area contributed by atoms with Gasteiger partial charge in [0.25, 0.3) is 0 Å². The van der Waals surface area contributed by atoms with Gasteiger partial charge in [0.1, 0.15) is 5.75 Å². The number of methoxy groups -OCH3 is 1. The zero-order valence-electron chi connectivity index (χ0n) is 11.9. The van der Waals surface area contributed by atoms with Gasteiger partial charge in [-0.2, -0.15) is 0 Å². The highest BCUT2D eigenvalue weighted by atomic mass is 32.2. The molecule has 1 N–H and O–H groups in total. The molecule has 1 aromatic carbocycles. The van der Waals surface area contributed by atoms with Crippen molar-refractivity contribution in [1.82, 2.24) is 0 Å². The molecule has 0 aromatic heterocycles. The number of benzene rings is 1. The summed E-state index contributed by atoms with van der Waals surface area (Å²) in [7, 11) is -5.30. The molecular formula is C12H18N2O5S2. The minimum atomic E-state index is -3.42. The topological polar surface area (TPSA) is 92.8 Å². The van der Waals surface area contributed by atoms with E-state index in [0.717, 1.165) is 0 Å². The van der Waals surface area contributed by atoms with Crippen molar-refractivity contribution < 1.29 is 21.6 Å². The Hall–Kier alpha value is -1.48. The summed E-state index contributed by atoms with van der Waals surface area (Å²) in [4.78, 5) is 0. The molecule has 0 atom stereocenters. The van der Waals surface area contributed by atoms with Gasteiger partial charge in [-0.1, -0.05) is 0 Å². The van der Waals surface area contributed by atoms with Crippen LogP contribution in [0, 0.1) is 0 Å². The van der Waals surface area contributed by atoms with Gasteiger partial charge in [-0.05, 0) is 25.5 Å². The number of sulfonamides is 2. The molecule has 0 aliphatic carbocycles. The van der Waals surface area contributed by atoms with Crippen LogP contribution < -0.4 is 13.8 Å². The van der Waals surface area contributed by atoms with Crippen LogP contribution in [-0.4, -0.2) is 42.0 Å². The van der Waals surface area contributed by atoms with Crippen molar-refractivity contribution in [3.8, 4) is 5.75 Å². The third kappa shape index (κ3) is 3.41. The smallest absolute Gasteiger partial charge is 0.235 e. The summed E-state index contributed by atoms with van der Waals surface area (Å²) in [5, 5.41) is 0. The number of nitrogens with one attached hydrogen (secondary N) is 1. The predicted molar refractivity (Wildman–Crippen MR) is 81.8 cm³/mol. The molecule has 1 aliphatic rings. The minimum absolute atomic E-state index is 0.0571. The van der Waals surface area contributed by atoms with Crippen molar-refractivity contribution in [3.05, 3.63) is 18.2 Å². The second kappa shape index (κ2) is 5.72. The molecule has 21 heavy (non-hydrogen) atoms. The molecule has 0 unspecified atom stereocenters. The van der Waals surface area contributed by atoms with Crippen molar-refractivity contribution in [2.24, 2.45) is 0 Å². The maximum absolute atomic E-state index is 11.9. The van der Waals surface area contributed by atoms with E-state index in [9.17, 15) is 16.8 Å². The van der Waals surface area contributed by atoms with Crippen LogP contribution in [0.2, 0.25) is 0 Å². The van der Waals surface area contributed by atoms with Crippen LogP contribution in [0.1, 0.15) is 13.3 Å². The number of hydrogen-bond donors (Lipinski definition) is 1. The van der Waals surface area contributed by atoms with E-state index in [-0.39, 0.29) is 17.3 Å². The zero-order chi connectivity index (χ0) is 15.7. The lowest BCUT2D eigenvalue weighted by atomic mass is 10.2. The third-order valence-corrected chi connectivity index (χ3v) is 6.38. The number of ether oxygens (including phenoxy) is 1. The highest BCUT2D eigenvalue weighted by molar-refractivity contribution is 7.93. The van der Waals surface area contributed by atoms with E-state index < -0.39 is 20.0 Å². The van der Waals surface area contributed by atoms with Crippen molar-refractivity contribution in [2.45, 2.75) is 13.3 Å². The summed E-state index contributed by atoms with van der Waals surface area (Å²) in [6.45, 7) is 1.95. The zero-order valence-corrected chi connectivity index (χ0v) is 13.5. The first-order valence-corrected chi connectivity index (χ1v) is 9.74. The van der Waals surface area contributed by atoms with Gasteiger partial charge >= 0.3 is 0 Å². The van der Waals surface area contributed by atoms with Gasteiger partial charge < -0.3 is 4.74 Å². The summed E-state index contributed by atoms with van der Waals surface area (Å²) in [5.74, 6) is 0.351. The average Bonchev–Trinajstić information content (AvgIpc) is 2.78. The van der Waals surface area contributed by atoms with Crippen LogP contribution in [0.3, 0.4) is 0 Å². The van der Waals surface area contributed by atoms with Crippen LogP contribution in [0.25, 0.3) is 0 Å².